The van der Waals surface area contributed by atoms with Gasteiger partial charge in [0.2, 0.25) is 0 Å². The Kier molecular flexibility index (Phi) is 5.14. The number of aryl methyl sites for hydroxylation is 3. The van der Waals surface area contributed by atoms with Gasteiger partial charge < -0.3 is 5.73 Å². The van der Waals surface area contributed by atoms with Crippen molar-refractivity contribution >= 4 is 12.2 Å². The van der Waals surface area contributed by atoms with E-state index in [0.717, 1.165) is 19.4 Å². The topological polar surface area (TPSA) is 26.0 Å². The van der Waals surface area contributed by atoms with Gasteiger partial charge in [0, 0.05) is 0 Å². The van der Waals surface area contributed by atoms with Crippen molar-refractivity contribution in [3.63, 3.8) is 0 Å². The number of rotatable bonds is 5. The normalized spacial score (nSPS) is 11.2. The first-order valence-electron chi connectivity index (χ1n) is 7.23. The first-order chi connectivity index (χ1) is 9.69. The van der Waals surface area contributed by atoms with Gasteiger partial charge in [0.15, 0.2) is 0 Å². The van der Waals surface area contributed by atoms with E-state index in [1.54, 1.807) is 0 Å². The van der Waals surface area contributed by atoms with Crippen molar-refractivity contribution in [1.82, 2.24) is 0 Å². The number of hydrogen-bond donors (Lipinski definition) is 1. The zero-order valence-corrected chi connectivity index (χ0v) is 12.4. The molecular formula is C19H23N. The molecule has 0 heterocycles. The maximum atomic E-state index is 5.57. The molecule has 2 rings (SSSR count). The monoisotopic (exact) mass is 265 g/mol. The second-order valence-corrected chi connectivity index (χ2v) is 5.33. The highest BCUT2D eigenvalue weighted by molar-refractivity contribution is 5.71. The maximum absolute atomic E-state index is 5.57. The van der Waals surface area contributed by atoms with Crippen molar-refractivity contribution in [3.8, 4) is 0 Å². The van der Waals surface area contributed by atoms with Gasteiger partial charge in [-0.3, -0.25) is 0 Å². The second kappa shape index (κ2) is 7.06. The molecule has 0 amide bonds. The standard InChI is InChI=1S/C19H23N/c1-15-8-9-16(2)19(13-15)11-10-18-6-3-5-17(14-18)7-4-12-20/h3,5-6,8-11,13-14H,4,7,12,20H2,1-2H3. The van der Waals surface area contributed by atoms with Gasteiger partial charge >= 0.3 is 0 Å². The van der Waals surface area contributed by atoms with E-state index >= 15 is 0 Å². The Bertz CT molecular complexity index is 596. The molecule has 1 nitrogen and oxygen atoms in total. The third kappa shape index (κ3) is 4.07. The molecule has 0 saturated carbocycles. The molecule has 0 aliphatic carbocycles. The fourth-order valence-corrected chi connectivity index (χ4v) is 2.28. The molecule has 0 radical (unpaired) electrons. The first-order valence-corrected chi connectivity index (χ1v) is 7.23. The van der Waals surface area contributed by atoms with E-state index in [9.17, 15) is 0 Å². The van der Waals surface area contributed by atoms with Crippen LogP contribution in [0.15, 0.2) is 42.5 Å². The van der Waals surface area contributed by atoms with Crippen molar-refractivity contribution < 1.29 is 0 Å². The van der Waals surface area contributed by atoms with Crippen LogP contribution >= 0.6 is 0 Å². The van der Waals surface area contributed by atoms with Crippen LogP contribution in [0.2, 0.25) is 0 Å². The molecule has 0 spiro atoms. The largest absolute Gasteiger partial charge is 0.330 e. The van der Waals surface area contributed by atoms with Crippen LogP contribution in [-0.2, 0) is 6.42 Å². The summed E-state index contributed by atoms with van der Waals surface area (Å²) in [5.41, 5.74) is 12.1. The van der Waals surface area contributed by atoms with Gasteiger partial charge in [-0.05, 0) is 55.5 Å². The molecule has 0 aliphatic rings. The minimum absolute atomic E-state index is 0.753. The Balaban J connectivity index is 2.16. The molecule has 0 unspecified atom stereocenters. The Morgan fingerprint density at radius 2 is 1.85 bits per heavy atom. The van der Waals surface area contributed by atoms with Crippen molar-refractivity contribution in [1.29, 1.82) is 0 Å². The van der Waals surface area contributed by atoms with Gasteiger partial charge in [0.1, 0.15) is 0 Å². The zero-order valence-electron chi connectivity index (χ0n) is 12.4. The summed E-state index contributed by atoms with van der Waals surface area (Å²) in [7, 11) is 0. The fraction of sp³-hybridized carbons (Fsp3) is 0.263. The summed E-state index contributed by atoms with van der Waals surface area (Å²) >= 11 is 0. The Hall–Kier alpha value is -1.86. The highest BCUT2D eigenvalue weighted by Gasteiger charge is 1.96. The summed E-state index contributed by atoms with van der Waals surface area (Å²) in [4.78, 5) is 0. The SMILES string of the molecule is Cc1ccc(C)c(C=Cc2cccc(CCCN)c2)c1. The Labute approximate surface area is 122 Å². The second-order valence-electron chi connectivity index (χ2n) is 5.33. The van der Waals surface area contributed by atoms with Crippen LogP contribution in [-0.4, -0.2) is 6.54 Å². The van der Waals surface area contributed by atoms with Crippen molar-refractivity contribution in [2.75, 3.05) is 6.54 Å². The van der Waals surface area contributed by atoms with E-state index in [0.29, 0.717) is 0 Å². The Morgan fingerprint density at radius 3 is 2.65 bits per heavy atom. The van der Waals surface area contributed by atoms with Crippen LogP contribution in [0, 0.1) is 13.8 Å². The van der Waals surface area contributed by atoms with Gasteiger partial charge in [-0.2, -0.15) is 0 Å². The number of benzene rings is 2. The summed E-state index contributed by atoms with van der Waals surface area (Å²) < 4.78 is 0. The van der Waals surface area contributed by atoms with Crippen molar-refractivity contribution in [3.05, 3.63) is 70.3 Å². The van der Waals surface area contributed by atoms with Crippen LogP contribution < -0.4 is 5.73 Å². The van der Waals surface area contributed by atoms with Crippen molar-refractivity contribution in [2.24, 2.45) is 5.73 Å². The molecule has 0 saturated heterocycles. The lowest BCUT2D eigenvalue weighted by Crippen LogP contribution is -2.00. The van der Waals surface area contributed by atoms with Gasteiger partial charge in [0.25, 0.3) is 0 Å². The summed E-state index contributed by atoms with van der Waals surface area (Å²) in [5.74, 6) is 0. The fourth-order valence-electron chi connectivity index (χ4n) is 2.28. The smallest absolute Gasteiger partial charge is 0.00741 e. The van der Waals surface area contributed by atoms with Crippen LogP contribution in [0.3, 0.4) is 0 Å². The van der Waals surface area contributed by atoms with Gasteiger partial charge in [0.05, 0.1) is 0 Å². The van der Waals surface area contributed by atoms with E-state index < -0.39 is 0 Å². The third-order valence-electron chi connectivity index (χ3n) is 3.51. The molecular weight excluding hydrogens is 242 g/mol. The molecule has 0 aliphatic heterocycles. The van der Waals surface area contributed by atoms with Crippen LogP contribution in [0.5, 0.6) is 0 Å². The van der Waals surface area contributed by atoms with Gasteiger partial charge in [-0.25, -0.2) is 0 Å². The van der Waals surface area contributed by atoms with Crippen LogP contribution in [0.25, 0.3) is 12.2 Å². The predicted octanol–water partition coefficient (Wildman–Crippen LogP) is 4.37. The third-order valence-corrected chi connectivity index (χ3v) is 3.51. The molecule has 0 atom stereocenters. The zero-order chi connectivity index (χ0) is 14.4. The van der Waals surface area contributed by atoms with Gasteiger partial charge in [-0.15, -0.1) is 0 Å². The number of nitrogens with two attached hydrogens (primary N) is 1. The maximum Gasteiger partial charge on any atom is -0.00741 e. The molecule has 2 aromatic carbocycles. The lowest BCUT2D eigenvalue weighted by molar-refractivity contribution is 0.832. The summed E-state index contributed by atoms with van der Waals surface area (Å²) in [6.45, 7) is 5.03. The van der Waals surface area contributed by atoms with Gasteiger partial charge in [-0.1, -0.05) is 60.2 Å². The molecule has 104 valence electrons. The quantitative estimate of drug-likeness (QED) is 0.798. The van der Waals surface area contributed by atoms with E-state index in [4.69, 9.17) is 5.73 Å². The predicted molar refractivity (Wildman–Crippen MR) is 88.7 cm³/mol. The molecule has 1 heteroatoms. The highest BCUT2D eigenvalue weighted by atomic mass is 14.5. The van der Waals surface area contributed by atoms with E-state index in [1.165, 1.54) is 27.8 Å². The lowest BCUT2D eigenvalue weighted by Gasteiger charge is -2.03. The summed E-state index contributed by atoms with van der Waals surface area (Å²) in [6, 6.07) is 15.2. The minimum atomic E-state index is 0.753. The summed E-state index contributed by atoms with van der Waals surface area (Å²) in [5, 5.41) is 0. The molecule has 0 fully saturated rings. The van der Waals surface area contributed by atoms with E-state index in [2.05, 4.69) is 68.5 Å². The van der Waals surface area contributed by atoms with Crippen LogP contribution in [0.4, 0.5) is 0 Å². The molecule has 2 N–H and O–H groups in total. The van der Waals surface area contributed by atoms with Crippen LogP contribution in [0.1, 0.15) is 34.2 Å². The summed E-state index contributed by atoms with van der Waals surface area (Å²) in [6.07, 6.45) is 6.49. The Morgan fingerprint density at radius 1 is 1.00 bits per heavy atom. The van der Waals surface area contributed by atoms with Crippen molar-refractivity contribution in [2.45, 2.75) is 26.7 Å². The molecule has 0 bridgehead atoms. The molecule has 2 aromatic rings. The number of hydrogen-bond acceptors (Lipinski definition) is 1. The van der Waals surface area contributed by atoms with E-state index in [-0.39, 0.29) is 0 Å². The minimum Gasteiger partial charge on any atom is -0.330 e. The average Bonchev–Trinajstić information content (AvgIpc) is 2.46. The highest BCUT2D eigenvalue weighted by Crippen LogP contribution is 2.15. The molecule has 0 aromatic heterocycles. The lowest BCUT2D eigenvalue weighted by atomic mass is 10.0. The first kappa shape index (κ1) is 14.5. The van der Waals surface area contributed by atoms with E-state index in [1.807, 2.05) is 0 Å². The average molecular weight is 265 g/mol. The molecule has 20 heavy (non-hydrogen) atoms.